The zero-order valence-electron chi connectivity index (χ0n) is 12.7. The van der Waals surface area contributed by atoms with Crippen molar-refractivity contribution in [1.82, 2.24) is 5.43 Å². The van der Waals surface area contributed by atoms with Gasteiger partial charge in [-0.15, -0.1) is 0 Å². The molecule has 2 heteroatoms. The Morgan fingerprint density at radius 2 is 1.75 bits per heavy atom. The Balaban J connectivity index is 1.50. The van der Waals surface area contributed by atoms with Crippen molar-refractivity contribution in [2.24, 2.45) is 29.0 Å². The van der Waals surface area contributed by atoms with Crippen LogP contribution in [-0.4, -0.2) is 6.04 Å². The molecule has 0 heterocycles. The van der Waals surface area contributed by atoms with Crippen LogP contribution in [0.5, 0.6) is 0 Å². The number of allylic oxidation sites excluding steroid dienone is 1. The van der Waals surface area contributed by atoms with Gasteiger partial charge in [0.15, 0.2) is 0 Å². The second-order valence-electron chi connectivity index (χ2n) is 8.37. The molecule has 5 aliphatic rings. The summed E-state index contributed by atoms with van der Waals surface area (Å²) in [5.41, 5.74) is 5.44. The van der Waals surface area contributed by atoms with Crippen LogP contribution in [0.15, 0.2) is 11.6 Å². The number of nitrogens with one attached hydrogen (secondary N) is 1. The van der Waals surface area contributed by atoms with Crippen LogP contribution >= 0.6 is 0 Å². The average molecular weight is 274 g/mol. The molecule has 0 saturated heterocycles. The standard InChI is InChI=1S/C18H30N2/c19-20-17(16-4-2-1-3-5-16)12-18-9-13-6-14(10-18)8-15(7-13)11-18/h4,13-15,17,20H,1-3,5-12,19H2. The van der Waals surface area contributed by atoms with E-state index in [1.54, 1.807) is 24.8 Å². The van der Waals surface area contributed by atoms with Gasteiger partial charge in [0.25, 0.3) is 0 Å². The first-order valence-electron chi connectivity index (χ1n) is 8.91. The summed E-state index contributed by atoms with van der Waals surface area (Å²) < 4.78 is 0. The minimum Gasteiger partial charge on any atom is -0.271 e. The van der Waals surface area contributed by atoms with Gasteiger partial charge in [0.2, 0.25) is 0 Å². The summed E-state index contributed by atoms with van der Waals surface area (Å²) in [6, 6.07) is 0.464. The van der Waals surface area contributed by atoms with Crippen LogP contribution < -0.4 is 11.3 Å². The van der Waals surface area contributed by atoms with Gasteiger partial charge in [0.05, 0.1) is 0 Å². The first-order chi connectivity index (χ1) is 9.76. The van der Waals surface area contributed by atoms with Crippen molar-refractivity contribution in [3.8, 4) is 0 Å². The first kappa shape index (κ1) is 13.3. The Morgan fingerprint density at radius 3 is 2.25 bits per heavy atom. The van der Waals surface area contributed by atoms with Crippen LogP contribution in [0.25, 0.3) is 0 Å². The first-order valence-corrected chi connectivity index (χ1v) is 8.91. The van der Waals surface area contributed by atoms with Crippen LogP contribution in [0, 0.1) is 23.2 Å². The van der Waals surface area contributed by atoms with Crippen LogP contribution in [-0.2, 0) is 0 Å². The Bertz CT molecular complexity index is 363. The predicted octanol–water partition coefficient (Wildman–Crippen LogP) is 3.93. The van der Waals surface area contributed by atoms with E-state index in [1.807, 2.05) is 0 Å². The number of nitrogens with two attached hydrogens (primary N) is 1. The molecule has 0 radical (unpaired) electrons. The molecule has 5 rings (SSSR count). The maximum absolute atomic E-state index is 5.94. The van der Waals surface area contributed by atoms with Gasteiger partial charge in [-0.25, -0.2) is 0 Å². The topological polar surface area (TPSA) is 38.0 Å². The highest BCUT2D eigenvalue weighted by molar-refractivity contribution is 5.15. The van der Waals surface area contributed by atoms with E-state index in [-0.39, 0.29) is 0 Å². The molecule has 5 aliphatic carbocycles. The highest BCUT2D eigenvalue weighted by Gasteiger charge is 2.51. The van der Waals surface area contributed by atoms with E-state index in [4.69, 9.17) is 5.84 Å². The minimum absolute atomic E-state index is 0.464. The number of hydrazine groups is 1. The van der Waals surface area contributed by atoms with Gasteiger partial charge in [0.1, 0.15) is 0 Å². The molecule has 0 aromatic rings. The van der Waals surface area contributed by atoms with E-state index in [2.05, 4.69) is 11.5 Å². The average Bonchev–Trinajstić information content (AvgIpc) is 2.44. The fraction of sp³-hybridized carbons (Fsp3) is 0.889. The van der Waals surface area contributed by atoms with Crippen molar-refractivity contribution in [3.63, 3.8) is 0 Å². The van der Waals surface area contributed by atoms with Crippen LogP contribution in [0.1, 0.15) is 70.6 Å². The Morgan fingerprint density at radius 1 is 1.10 bits per heavy atom. The van der Waals surface area contributed by atoms with Crippen molar-refractivity contribution in [1.29, 1.82) is 0 Å². The van der Waals surface area contributed by atoms with E-state index in [0.29, 0.717) is 11.5 Å². The maximum Gasteiger partial charge on any atom is 0.0425 e. The number of rotatable bonds is 4. The third-order valence-electron chi connectivity index (χ3n) is 6.78. The molecule has 0 aromatic heterocycles. The summed E-state index contributed by atoms with van der Waals surface area (Å²) in [5.74, 6) is 9.11. The molecule has 4 saturated carbocycles. The fourth-order valence-corrected chi connectivity index (χ4v) is 6.45. The lowest BCUT2D eigenvalue weighted by Crippen LogP contribution is -2.50. The van der Waals surface area contributed by atoms with E-state index in [9.17, 15) is 0 Å². The van der Waals surface area contributed by atoms with Gasteiger partial charge >= 0.3 is 0 Å². The van der Waals surface area contributed by atoms with Crippen LogP contribution in [0.4, 0.5) is 0 Å². The summed E-state index contributed by atoms with van der Waals surface area (Å²) in [6.45, 7) is 0. The van der Waals surface area contributed by atoms with Crippen molar-refractivity contribution >= 4 is 0 Å². The molecule has 4 bridgehead atoms. The van der Waals surface area contributed by atoms with E-state index in [1.165, 1.54) is 51.4 Å². The highest BCUT2D eigenvalue weighted by atomic mass is 15.2. The molecule has 1 unspecified atom stereocenters. The van der Waals surface area contributed by atoms with Crippen molar-refractivity contribution in [2.45, 2.75) is 76.7 Å². The number of hydrogen-bond donors (Lipinski definition) is 2. The molecule has 112 valence electrons. The maximum atomic E-state index is 5.94. The van der Waals surface area contributed by atoms with Crippen molar-refractivity contribution < 1.29 is 0 Å². The Labute approximate surface area is 123 Å². The molecular weight excluding hydrogens is 244 g/mol. The zero-order chi connectivity index (χ0) is 13.6. The normalized spacial score (nSPS) is 44.5. The van der Waals surface area contributed by atoms with Crippen LogP contribution in [0.2, 0.25) is 0 Å². The van der Waals surface area contributed by atoms with Crippen LogP contribution in [0.3, 0.4) is 0 Å². The molecule has 1 atom stereocenters. The minimum atomic E-state index is 0.464. The van der Waals surface area contributed by atoms with E-state index >= 15 is 0 Å². The van der Waals surface area contributed by atoms with Gasteiger partial charge in [-0.1, -0.05) is 11.6 Å². The predicted molar refractivity (Wildman–Crippen MR) is 82.9 cm³/mol. The summed E-state index contributed by atoms with van der Waals surface area (Å²) in [4.78, 5) is 0. The van der Waals surface area contributed by atoms with Gasteiger partial charge in [-0.2, -0.15) is 0 Å². The fourth-order valence-electron chi connectivity index (χ4n) is 6.45. The molecule has 3 N–H and O–H groups in total. The third kappa shape index (κ3) is 2.35. The van der Waals surface area contributed by atoms with Gasteiger partial charge in [-0.05, 0) is 93.8 Å². The van der Waals surface area contributed by atoms with Crippen molar-refractivity contribution in [3.05, 3.63) is 11.6 Å². The summed E-state index contributed by atoms with van der Waals surface area (Å²) in [5, 5.41) is 0. The smallest absolute Gasteiger partial charge is 0.0425 e. The van der Waals surface area contributed by atoms with Gasteiger partial charge < -0.3 is 0 Å². The number of hydrogen-bond acceptors (Lipinski definition) is 2. The lowest BCUT2D eigenvalue weighted by Gasteiger charge is -2.57. The third-order valence-corrected chi connectivity index (χ3v) is 6.78. The lowest BCUT2D eigenvalue weighted by molar-refractivity contribution is -0.0605. The quantitative estimate of drug-likeness (QED) is 0.463. The monoisotopic (exact) mass is 274 g/mol. The molecule has 2 nitrogen and oxygen atoms in total. The molecule has 0 aliphatic heterocycles. The SMILES string of the molecule is NNC(CC12CC3CC(CC(C3)C1)C2)C1=CCCCC1. The summed E-state index contributed by atoms with van der Waals surface area (Å²) in [7, 11) is 0. The van der Waals surface area contributed by atoms with E-state index in [0.717, 1.165) is 17.8 Å². The summed E-state index contributed by atoms with van der Waals surface area (Å²) >= 11 is 0. The Kier molecular flexibility index (Phi) is 3.42. The van der Waals surface area contributed by atoms with E-state index < -0.39 is 0 Å². The molecule has 20 heavy (non-hydrogen) atoms. The second-order valence-corrected chi connectivity index (χ2v) is 8.37. The largest absolute Gasteiger partial charge is 0.271 e. The second kappa shape index (κ2) is 5.14. The highest BCUT2D eigenvalue weighted by Crippen LogP contribution is 2.61. The lowest BCUT2D eigenvalue weighted by atomic mass is 9.48. The molecule has 4 fully saturated rings. The van der Waals surface area contributed by atoms with Gasteiger partial charge in [-0.3, -0.25) is 11.3 Å². The molecular formula is C18H30N2. The molecule has 0 spiro atoms. The molecule has 0 aromatic carbocycles. The van der Waals surface area contributed by atoms with Crippen molar-refractivity contribution in [2.75, 3.05) is 0 Å². The molecule has 0 amide bonds. The summed E-state index contributed by atoms with van der Waals surface area (Å²) in [6.07, 6.45) is 18.2. The zero-order valence-corrected chi connectivity index (χ0v) is 12.7. The Hall–Kier alpha value is -0.340. The van der Waals surface area contributed by atoms with Gasteiger partial charge in [0, 0.05) is 6.04 Å².